The molecule has 0 rings (SSSR count). The van der Waals surface area contributed by atoms with Gasteiger partial charge in [0, 0.05) is 18.4 Å². The average Bonchev–Trinajstić information content (AvgIpc) is 3.25. The Hall–Kier alpha value is -0.000000000000000208. The largest absolute Gasteiger partial charge is 0.472 e. The average molecular weight is 1040 g/mol. The van der Waals surface area contributed by atoms with Gasteiger partial charge in [0.05, 0.1) is 178 Å². The van der Waals surface area contributed by atoms with Crippen molar-refractivity contribution >= 4 is 31.3 Å². The van der Waals surface area contributed by atoms with Crippen LogP contribution in [0.2, 0.25) is 0 Å². The van der Waals surface area contributed by atoms with Gasteiger partial charge in [-0.25, -0.2) is 18.3 Å². The molecule has 5 atom stereocenters. The highest BCUT2D eigenvalue weighted by Gasteiger charge is 2.25. The lowest BCUT2D eigenvalue weighted by atomic mass is 10.1. The van der Waals surface area contributed by atoms with E-state index in [2.05, 4.69) is 4.52 Å². The topological polar surface area (TPSA) is 347 Å². The van der Waals surface area contributed by atoms with Gasteiger partial charge in [0.1, 0.15) is 0 Å². The van der Waals surface area contributed by atoms with Crippen molar-refractivity contribution in [3.05, 3.63) is 0 Å². The molecule has 0 radical (unpaired) electrons. The number of aliphatic hydroxyl groups excluding tert-OH is 1. The summed E-state index contributed by atoms with van der Waals surface area (Å²) in [6, 6.07) is 0. The lowest BCUT2D eigenvalue weighted by Gasteiger charge is -2.18. The van der Waals surface area contributed by atoms with Gasteiger partial charge in [0.15, 0.2) is 0 Å². The number of hydrogen-bond donors (Lipinski definition) is 6. The van der Waals surface area contributed by atoms with Gasteiger partial charge in [-0.3, -0.25) is 31.7 Å². The molecule has 0 fully saturated rings. The quantitative estimate of drug-likeness (QED) is 0.0373. The number of aliphatic hydroxyl groups is 1. The van der Waals surface area contributed by atoms with Crippen LogP contribution in [0.5, 0.6) is 0 Å². The SMILES string of the molecule is CCC(CO)COP(=O)(O)OCCOCCOCCOCCOCCOCCOP(=O)(O)OCCOCCOCCOCCOCCOCCOP(=O)(O)OCC(CC)COP(=O)(O)O. The van der Waals surface area contributed by atoms with Crippen molar-refractivity contribution in [3.63, 3.8) is 0 Å². The normalized spacial score (nSPS) is 16.0. The van der Waals surface area contributed by atoms with Gasteiger partial charge in [0.25, 0.3) is 0 Å². The second kappa shape index (κ2) is 42.8. The molecule has 65 heavy (non-hydrogen) atoms. The summed E-state index contributed by atoms with van der Waals surface area (Å²) in [5.74, 6) is -0.752. The molecule has 0 saturated heterocycles. The highest BCUT2D eigenvalue weighted by molar-refractivity contribution is 7.48. The Bertz CT molecular complexity index is 1260. The maximum absolute atomic E-state index is 12.0. The first kappa shape index (κ1) is 65.0. The van der Waals surface area contributed by atoms with Crippen LogP contribution < -0.4 is 0 Å². The summed E-state index contributed by atoms with van der Waals surface area (Å²) in [5, 5.41) is 9.09. The molecule has 0 heterocycles. The van der Waals surface area contributed by atoms with E-state index in [0.29, 0.717) is 72.3 Å². The molecule has 31 heteroatoms. The van der Waals surface area contributed by atoms with E-state index in [0.717, 1.165) is 0 Å². The summed E-state index contributed by atoms with van der Waals surface area (Å²) < 4.78 is 133. The number of rotatable bonds is 52. The Morgan fingerprint density at radius 2 is 0.508 bits per heavy atom. The molecule has 6 N–H and O–H groups in total. The number of phosphoric acid groups is 4. The Morgan fingerprint density at radius 3 is 0.723 bits per heavy atom. The third-order valence-corrected chi connectivity index (χ3v) is 11.2. The highest BCUT2D eigenvalue weighted by atomic mass is 31.2. The van der Waals surface area contributed by atoms with E-state index in [9.17, 15) is 32.9 Å². The number of hydrogen-bond acceptors (Lipinski definition) is 22. The Morgan fingerprint density at radius 1 is 0.308 bits per heavy atom. The smallest absolute Gasteiger partial charge is 0.396 e. The molecule has 0 spiro atoms. The van der Waals surface area contributed by atoms with Crippen LogP contribution in [0.4, 0.5) is 0 Å². The van der Waals surface area contributed by atoms with E-state index in [4.69, 9.17) is 89.4 Å². The molecule has 0 aliphatic carbocycles. The highest BCUT2D eigenvalue weighted by Crippen LogP contribution is 2.45. The maximum atomic E-state index is 12.0. The van der Waals surface area contributed by atoms with Crippen molar-refractivity contribution in [1.29, 1.82) is 0 Å². The second-order valence-electron chi connectivity index (χ2n) is 13.0. The first-order valence-electron chi connectivity index (χ1n) is 21.0. The van der Waals surface area contributed by atoms with E-state index in [1.807, 2.05) is 6.92 Å². The van der Waals surface area contributed by atoms with Gasteiger partial charge in [0.2, 0.25) is 0 Å². The van der Waals surface area contributed by atoms with Crippen LogP contribution >= 0.6 is 31.3 Å². The van der Waals surface area contributed by atoms with Crippen LogP contribution in [0, 0.1) is 11.8 Å². The van der Waals surface area contributed by atoms with E-state index in [1.54, 1.807) is 6.92 Å². The predicted molar refractivity (Wildman–Crippen MR) is 226 cm³/mol. The lowest BCUT2D eigenvalue weighted by molar-refractivity contribution is -0.0172. The van der Waals surface area contributed by atoms with E-state index in [1.165, 1.54) is 0 Å². The van der Waals surface area contributed by atoms with Crippen molar-refractivity contribution < 1.29 is 127 Å². The predicted octanol–water partition coefficient (Wildman–Crippen LogP) is 1.71. The summed E-state index contributed by atoms with van der Waals surface area (Å²) in [5.41, 5.74) is 0. The van der Waals surface area contributed by atoms with Crippen LogP contribution in [0.15, 0.2) is 0 Å². The zero-order valence-corrected chi connectivity index (χ0v) is 41.0. The van der Waals surface area contributed by atoms with E-state index >= 15 is 0 Å². The molecule has 0 amide bonds. The first-order valence-corrected chi connectivity index (χ1v) is 27.0. The Balaban J connectivity index is 3.44. The lowest BCUT2D eigenvalue weighted by Crippen LogP contribution is -2.15. The van der Waals surface area contributed by atoms with Crippen molar-refractivity contribution in [2.75, 3.05) is 185 Å². The zero-order chi connectivity index (χ0) is 48.4. The summed E-state index contributed by atoms with van der Waals surface area (Å²) in [4.78, 5) is 46.6. The van der Waals surface area contributed by atoms with E-state index in [-0.39, 0.29) is 131 Å². The molecule has 0 bridgehead atoms. The molecular weight excluding hydrogens is 964 g/mol. The molecule has 0 aromatic heterocycles. The summed E-state index contributed by atoms with van der Waals surface area (Å²) in [7, 11) is -17.5. The van der Waals surface area contributed by atoms with Gasteiger partial charge in [-0.2, -0.15) is 0 Å². The van der Waals surface area contributed by atoms with Crippen LogP contribution in [0.1, 0.15) is 26.7 Å². The summed E-state index contributed by atoms with van der Waals surface area (Å²) in [6.07, 6.45) is 0.997. The van der Waals surface area contributed by atoms with E-state index < -0.39 is 37.2 Å². The van der Waals surface area contributed by atoms with Crippen molar-refractivity contribution in [1.82, 2.24) is 0 Å². The fraction of sp³-hybridized carbons (Fsp3) is 1.00. The fourth-order valence-electron chi connectivity index (χ4n) is 4.11. The standard InChI is InChI=1S/C34H74O27P4/c1-3-33(29-35)30-60-64(41,42)57-27-23-53-19-15-49-11-7-45-5-9-47-13-17-51-21-25-55-63(39,40)56-26-22-52-18-14-48-10-6-46-8-12-50-16-20-54-24-28-58-65(43,44)61-32-34(4-2)31-59-62(36,37)38/h33-35H,3-32H2,1-2H3,(H,39,40)(H,41,42)(H,43,44)(H2,36,37,38). The summed E-state index contributed by atoms with van der Waals surface area (Å²) >= 11 is 0. The molecule has 0 saturated carbocycles. The number of phosphoric ester groups is 4. The van der Waals surface area contributed by atoms with Gasteiger partial charge < -0.3 is 76.9 Å². The summed E-state index contributed by atoms with van der Waals surface area (Å²) in [6.45, 7) is 6.76. The maximum Gasteiger partial charge on any atom is 0.472 e. The Labute approximate surface area is 381 Å². The molecular formula is C34H74O27P4. The minimum absolute atomic E-state index is 0.000343. The van der Waals surface area contributed by atoms with Gasteiger partial charge in [-0.15, -0.1) is 0 Å². The molecule has 392 valence electrons. The Kier molecular flexibility index (Phi) is 42.8. The van der Waals surface area contributed by atoms with Gasteiger partial charge >= 0.3 is 31.3 Å². The molecule has 0 aromatic carbocycles. The number of ether oxygens (including phenoxy) is 10. The molecule has 0 aliphatic rings. The van der Waals surface area contributed by atoms with Gasteiger partial charge in [-0.05, 0) is 12.8 Å². The minimum atomic E-state index is -4.65. The van der Waals surface area contributed by atoms with Crippen molar-refractivity contribution in [3.8, 4) is 0 Å². The van der Waals surface area contributed by atoms with Crippen LogP contribution in [-0.2, 0) is 97.3 Å². The van der Waals surface area contributed by atoms with Crippen molar-refractivity contribution in [2.45, 2.75) is 26.7 Å². The molecule has 27 nitrogen and oxygen atoms in total. The van der Waals surface area contributed by atoms with Gasteiger partial charge in [-0.1, -0.05) is 13.8 Å². The third kappa shape index (κ3) is 47.5. The van der Waals surface area contributed by atoms with Crippen LogP contribution in [-0.4, -0.2) is 215 Å². The first-order chi connectivity index (χ1) is 31.0. The second-order valence-corrected chi connectivity index (χ2v) is 18.6. The van der Waals surface area contributed by atoms with Crippen molar-refractivity contribution in [2.24, 2.45) is 11.8 Å². The van der Waals surface area contributed by atoms with Crippen LogP contribution in [0.3, 0.4) is 0 Å². The molecule has 0 aliphatic heterocycles. The molecule has 0 aromatic rings. The molecule has 5 unspecified atom stereocenters. The monoisotopic (exact) mass is 1040 g/mol. The fourth-order valence-corrected chi connectivity index (χ4v) is 6.75. The third-order valence-electron chi connectivity index (χ3n) is 7.74. The minimum Gasteiger partial charge on any atom is -0.396 e. The zero-order valence-electron chi connectivity index (χ0n) is 37.4. The van der Waals surface area contributed by atoms with Crippen LogP contribution in [0.25, 0.3) is 0 Å².